The zero-order valence-electron chi connectivity index (χ0n) is 8.55. The number of carbonyl (C=O) groups is 1. The Morgan fingerprint density at radius 2 is 2.31 bits per heavy atom. The Balaban J connectivity index is 1.87. The molecular formula is C11H19NO. The molecule has 0 aromatic heterocycles. The number of nitrogens with one attached hydrogen (secondary N) is 1. The lowest BCUT2D eigenvalue weighted by Crippen LogP contribution is -2.34. The molecule has 1 aliphatic heterocycles. The molecule has 2 nitrogen and oxygen atoms in total. The molecule has 0 spiro atoms. The third-order valence-electron chi connectivity index (χ3n) is 3.61. The van der Waals surface area contributed by atoms with Gasteiger partial charge in [-0.3, -0.25) is 4.79 Å². The van der Waals surface area contributed by atoms with Crippen LogP contribution in [0.1, 0.15) is 39.5 Å². The van der Waals surface area contributed by atoms with Crippen LogP contribution in [0.5, 0.6) is 0 Å². The van der Waals surface area contributed by atoms with E-state index < -0.39 is 0 Å². The summed E-state index contributed by atoms with van der Waals surface area (Å²) in [5.41, 5.74) is 0. The first kappa shape index (κ1) is 9.04. The Kier molecular flexibility index (Phi) is 2.31. The summed E-state index contributed by atoms with van der Waals surface area (Å²) >= 11 is 0. The molecule has 0 aromatic carbocycles. The molecule has 1 aliphatic carbocycles. The number of hydrogen-bond donors (Lipinski definition) is 1. The number of fused-ring (bicyclic) bond motifs is 1. The molecule has 2 fully saturated rings. The molecule has 1 N–H and O–H groups in total. The van der Waals surface area contributed by atoms with E-state index in [9.17, 15) is 4.79 Å². The lowest BCUT2D eigenvalue weighted by atomic mass is 9.97. The highest BCUT2D eigenvalue weighted by Crippen LogP contribution is 2.50. The van der Waals surface area contributed by atoms with E-state index in [-0.39, 0.29) is 5.91 Å². The first-order chi connectivity index (χ1) is 6.24. The number of rotatable bonds is 3. The van der Waals surface area contributed by atoms with Crippen molar-refractivity contribution in [1.29, 1.82) is 0 Å². The van der Waals surface area contributed by atoms with E-state index >= 15 is 0 Å². The minimum atomic E-state index is 0.271. The van der Waals surface area contributed by atoms with Gasteiger partial charge in [-0.05, 0) is 24.2 Å². The Hall–Kier alpha value is -0.530. The second kappa shape index (κ2) is 3.32. The van der Waals surface area contributed by atoms with Gasteiger partial charge in [0.25, 0.3) is 0 Å². The predicted octanol–water partition coefficient (Wildman–Crippen LogP) is 1.95. The van der Waals surface area contributed by atoms with Crippen molar-refractivity contribution in [2.75, 3.05) is 0 Å². The zero-order valence-corrected chi connectivity index (χ0v) is 8.55. The average molecular weight is 181 g/mol. The average Bonchev–Trinajstić information content (AvgIpc) is 2.74. The Morgan fingerprint density at radius 1 is 1.54 bits per heavy atom. The summed E-state index contributed by atoms with van der Waals surface area (Å²) in [6.45, 7) is 4.45. The number of hydrogen-bond acceptors (Lipinski definition) is 1. The van der Waals surface area contributed by atoms with Crippen molar-refractivity contribution in [1.82, 2.24) is 5.32 Å². The molecule has 0 aromatic rings. The van der Waals surface area contributed by atoms with Gasteiger partial charge in [0.05, 0.1) is 0 Å². The summed E-state index contributed by atoms with van der Waals surface area (Å²) in [7, 11) is 0. The van der Waals surface area contributed by atoms with Gasteiger partial charge in [0.1, 0.15) is 0 Å². The van der Waals surface area contributed by atoms with Crippen LogP contribution in [0.25, 0.3) is 0 Å². The van der Waals surface area contributed by atoms with Crippen LogP contribution in [0.4, 0.5) is 0 Å². The maximum atomic E-state index is 11.2. The monoisotopic (exact) mass is 181 g/mol. The molecule has 1 saturated carbocycles. The second-order valence-corrected chi connectivity index (χ2v) is 4.66. The molecule has 2 aliphatic rings. The number of amides is 1. The molecule has 0 unspecified atom stereocenters. The van der Waals surface area contributed by atoms with Gasteiger partial charge in [0.15, 0.2) is 0 Å². The first-order valence-corrected chi connectivity index (χ1v) is 5.53. The van der Waals surface area contributed by atoms with Crippen molar-refractivity contribution in [2.45, 2.75) is 45.6 Å². The molecule has 2 rings (SSSR count). The van der Waals surface area contributed by atoms with Gasteiger partial charge >= 0.3 is 0 Å². The van der Waals surface area contributed by atoms with Gasteiger partial charge in [-0.15, -0.1) is 0 Å². The fourth-order valence-electron chi connectivity index (χ4n) is 2.86. The highest BCUT2D eigenvalue weighted by atomic mass is 16.1. The van der Waals surface area contributed by atoms with Crippen LogP contribution in [0, 0.1) is 17.8 Å². The molecule has 0 radical (unpaired) electrons. The van der Waals surface area contributed by atoms with Gasteiger partial charge in [-0.25, -0.2) is 0 Å². The summed E-state index contributed by atoms with van der Waals surface area (Å²) in [6, 6.07) is 0.544. The lowest BCUT2D eigenvalue weighted by molar-refractivity contribution is -0.123. The largest absolute Gasteiger partial charge is 0.353 e. The molecule has 2 heteroatoms. The SMILES string of the molecule is CCCC[C@H]1[C@H]2NC(=O)C[C@H](C)[C@@H]12. The fraction of sp³-hybridized carbons (Fsp3) is 0.909. The molecule has 74 valence electrons. The van der Waals surface area contributed by atoms with Crippen LogP contribution < -0.4 is 5.32 Å². The van der Waals surface area contributed by atoms with E-state index in [1.165, 1.54) is 19.3 Å². The second-order valence-electron chi connectivity index (χ2n) is 4.66. The zero-order chi connectivity index (χ0) is 9.42. The normalized spacial score (nSPS) is 42.5. The van der Waals surface area contributed by atoms with Crippen LogP contribution in [0.15, 0.2) is 0 Å². The molecule has 0 bridgehead atoms. The minimum absolute atomic E-state index is 0.271. The molecule has 1 saturated heterocycles. The van der Waals surface area contributed by atoms with Crippen molar-refractivity contribution in [3.8, 4) is 0 Å². The van der Waals surface area contributed by atoms with Crippen LogP contribution in [0.2, 0.25) is 0 Å². The van der Waals surface area contributed by atoms with E-state index in [2.05, 4.69) is 19.2 Å². The maximum Gasteiger partial charge on any atom is 0.220 e. The molecule has 13 heavy (non-hydrogen) atoms. The van der Waals surface area contributed by atoms with Gasteiger partial charge in [-0.1, -0.05) is 26.7 Å². The summed E-state index contributed by atoms with van der Waals surface area (Å²) in [4.78, 5) is 11.2. The van der Waals surface area contributed by atoms with E-state index in [1.54, 1.807) is 0 Å². The highest BCUT2D eigenvalue weighted by Gasteiger charge is 2.55. The van der Waals surface area contributed by atoms with Crippen LogP contribution in [-0.2, 0) is 4.79 Å². The van der Waals surface area contributed by atoms with Gasteiger partial charge in [0.2, 0.25) is 5.91 Å². The summed E-state index contributed by atoms with van der Waals surface area (Å²) in [5.74, 6) is 2.51. The number of carbonyl (C=O) groups excluding carboxylic acids is 1. The molecule has 1 amide bonds. The quantitative estimate of drug-likeness (QED) is 0.708. The Bertz CT molecular complexity index is 214. The summed E-state index contributed by atoms with van der Waals surface area (Å²) in [5, 5.41) is 3.10. The highest BCUT2D eigenvalue weighted by molar-refractivity contribution is 5.78. The molecule has 1 heterocycles. The van der Waals surface area contributed by atoms with Gasteiger partial charge in [-0.2, -0.15) is 0 Å². The summed E-state index contributed by atoms with van der Waals surface area (Å²) in [6.07, 6.45) is 4.67. The predicted molar refractivity (Wildman–Crippen MR) is 52.2 cm³/mol. The van der Waals surface area contributed by atoms with Crippen LogP contribution >= 0.6 is 0 Å². The van der Waals surface area contributed by atoms with E-state index in [0.717, 1.165) is 18.3 Å². The summed E-state index contributed by atoms with van der Waals surface area (Å²) < 4.78 is 0. The van der Waals surface area contributed by atoms with Crippen molar-refractivity contribution >= 4 is 5.91 Å². The molecular weight excluding hydrogens is 162 g/mol. The lowest BCUT2D eigenvalue weighted by Gasteiger charge is -2.16. The third-order valence-corrected chi connectivity index (χ3v) is 3.61. The Morgan fingerprint density at radius 3 is 3.00 bits per heavy atom. The maximum absolute atomic E-state index is 11.2. The van der Waals surface area contributed by atoms with Crippen LogP contribution in [0.3, 0.4) is 0 Å². The van der Waals surface area contributed by atoms with E-state index in [4.69, 9.17) is 0 Å². The third kappa shape index (κ3) is 1.59. The van der Waals surface area contributed by atoms with E-state index in [0.29, 0.717) is 12.0 Å². The van der Waals surface area contributed by atoms with Crippen LogP contribution in [-0.4, -0.2) is 11.9 Å². The standard InChI is InChI=1S/C11H19NO/c1-3-4-5-8-10-7(2)6-9(13)12-11(8)10/h7-8,10-11H,3-6H2,1-2H3,(H,12,13)/t7-,8+,10-,11+/m0/s1. The minimum Gasteiger partial charge on any atom is -0.353 e. The van der Waals surface area contributed by atoms with Crippen molar-refractivity contribution in [3.05, 3.63) is 0 Å². The van der Waals surface area contributed by atoms with E-state index in [1.807, 2.05) is 0 Å². The first-order valence-electron chi connectivity index (χ1n) is 5.53. The van der Waals surface area contributed by atoms with Crippen molar-refractivity contribution < 1.29 is 4.79 Å². The topological polar surface area (TPSA) is 29.1 Å². The van der Waals surface area contributed by atoms with Crippen molar-refractivity contribution in [3.63, 3.8) is 0 Å². The smallest absolute Gasteiger partial charge is 0.220 e. The van der Waals surface area contributed by atoms with Gasteiger partial charge in [0, 0.05) is 12.5 Å². The van der Waals surface area contributed by atoms with Crippen molar-refractivity contribution in [2.24, 2.45) is 17.8 Å². The fourth-order valence-corrected chi connectivity index (χ4v) is 2.86. The number of piperidine rings is 1. The molecule has 4 atom stereocenters. The van der Waals surface area contributed by atoms with Gasteiger partial charge < -0.3 is 5.32 Å². The number of unbranched alkanes of at least 4 members (excludes halogenated alkanes) is 1. The Labute approximate surface area is 80.1 Å².